The lowest BCUT2D eigenvalue weighted by Crippen LogP contribution is -2.06. The highest BCUT2D eigenvalue weighted by atomic mass is 16.5. The molecule has 0 bridgehead atoms. The second kappa shape index (κ2) is 3.11. The maximum atomic E-state index is 5.36. The molecular weight excluding hydrogens is 152 g/mol. The summed E-state index contributed by atoms with van der Waals surface area (Å²) >= 11 is 0. The van der Waals surface area contributed by atoms with Gasteiger partial charge in [0.15, 0.2) is 0 Å². The fraction of sp³-hybridized carbons (Fsp3) is 0.444. The van der Waals surface area contributed by atoms with Crippen LogP contribution < -0.4 is 5.32 Å². The summed E-state index contributed by atoms with van der Waals surface area (Å²) in [5.74, 6) is 0.979. The Hall–Kier alpha value is -1.09. The van der Waals surface area contributed by atoms with Crippen molar-refractivity contribution in [1.82, 2.24) is 4.98 Å². The van der Waals surface area contributed by atoms with Gasteiger partial charge < -0.3 is 10.1 Å². The van der Waals surface area contributed by atoms with E-state index in [0.29, 0.717) is 6.61 Å². The number of ether oxygens (including phenoxy) is 1. The molecule has 1 aliphatic rings. The van der Waals surface area contributed by atoms with Gasteiger partial charge in [-0.05, 0) is 13.0 Å². The van der Waals surface area contributed by atoms with Crippen LogP contribution >= 0.6 is 0 Å². The van der Waals surface area contributed by atoms with Crippen molar-refractivity contribution in [2.45, 2.75) is 13.5 Å². The molecule has 2 heterocycles. The Labute approximate surface area is 71.8 Å². The molecule has 0 aromatic carbocycles. The number of fused-ring (bicyclic) bond motifs is 1. The predicted molar refractivity (Wildman–Crippen MR) is 47.1 cm³/mol. The molecule has 2 rings (SSSR count). The molecule has 0 spiro atoms. The van der Waals surface area contributed by atoms with Crippen molar-refractivity contribution in [2.24, 2.45) is 0 Å². The topological polar surface area (TPSA) is 34.2 Å². The molecule has 1 aromatic heterocycles. The van der Waals surface area contributed by atoms with E-state index in [2.05, 4.69) is 16.4 Å². The van der Waals surface area contributed by atoms with Crippen LogP contribution in [0.2, 0.25) is 0 Å². The zero-order chi connectivity index (χ0) is 8.39. The SMILES string of the molecule is Cc1ccc2c(n1)NCCOC2. The number of nitrogens with zero attached hydrogens (tertiary/aromatic N) is 1. The first kappa shape index (κ1) is 7.55. The van der Waals surface area contributed by atoms with E-state index in [-0.39, 0.29) is 0 Å². The molecule has 12 heavy (non-hydrogen) atoms. The molecule has 3 nitrogen and oxygen atoms in total. The van der Waals surface area contributed by atoms with E-state index in [1.54, 1.807) is 0 Å². The number of rotatable bonds is 0. The van der Waals surface area contributed by atoms with Gasteiger partial charge in [0.25, 0.3) is 0 Å². The molecule has 0 radical (unpaired) electrons. The van der Waals surface area contributed by atoms with Crippen LogP contribution in [0.15, 0.2) is 12.1 Å². The second-order valence-corrected chi connectivity index (χ2v) is 2.94. The summed E-state index contributed by atoms with van der Waals surface area (Å²) in [5, 5.41) is 3.23. The second-order valence-electron chi connectivity index (χ2n) is 2.94. The van der Waals surface area contributed by atoms with Gasteiger partial charge in [0.2, 0.25) is 0 Å². The largest absolute Gasteiger partial charge is 0.375 e. The van der Waals surface area contributed by atoms with Gasteiger partial charge >= 0.3 is 0 Å². The van der Waals surface area contributed by atoms with E-state index >= 15 is 0 Å². The fourth-order valence-electron chi connectivity index (χ4n) is 1.28. The van der Waals surface area contributed by atoms with Gasteiger partial charge in [-0.3, -0.25) is 0 Å². The summed E-state index contributed by atoms with van der Waals surface area (Å²) < 4.78 is 5.36. The number of pyridine rings is 1. The van der Waals surface area contributed by atoms with Gasteiger partial charge in [-0.25, -0.2) is 4.98 Å². The van der Waals surface area contributed by atoms with Crippen LogP contribution in [0.1, 0.15) is 11.3 Å². The van der Waals surface area contributed by atoms with Crippen molar-refractivity contribution >= 4 is 5.82 Å². The molecule has 0 saturated heterocycles. The number of hydrogen-bond donors (Lipinski definition) is 1. The van der Waals surface area contributed by atoms with E-state index in [1.807, 2.05) is 13.0 Å². The van der Waals surface area contributed by atoms with Gasteiger partial charge in [0.1, 0.15) is 5.82 Å². The molecule has 0 atom stereocenters. The van der Waals surface area contributed by atoms with Crippen LogP contribution in [0.3, 0.4) is 0 Å². The number of anilines is 1. The summed E-state index contributed by atoms with van der Waals surface area (Å²) in [7, 11) is 0. The highest BCUT2D eigenvalue weighted by Crippen LogP contribution is 2.16. The normalized spacial score (nSPS) is 16.1. The van der Waals surface area contributed by atoms with Gasteiger partial charge in [0.05, 0.1) is 13.2 Å². The van der Waals surface area contributed by atoms with Gasteiger partial charge in [-0.15, -0.1) is 0 Å². The Bertz CT molecular complexity index is 286. The monoisotopic (exact) mass is 164 g/mol. The molecule has 0 saturated carbocycles. The van der Waals surface area contributed by atoms with Crippen LogP contribution in [0, 0.1) is 6.92 Å². The number of hydrogen-bond acceptors (Lipinski definition) is 3. The van der Waals surface area contributed by atoms with Crippen LogP contribution in [0.5, 0.6) is 0 Å². The van der Waals surface area contributed by atoms with Crippen LogP contribution in [0.4, 0.5) is 5.82 Å². The predicted octanol–water partition coefficient (Wildman–Crippen LogP) is 1.33. The van der Waals surface area contributed by atoms with Crippen molar-refractivity contribution in [1.29, 1.82) is 0 Å². The van der Waals surface area contributed by atoms with Gasteiger partial charge in [-0.2, -0.15) is 0 Å². The average Bonchev–Trinajstić information content (AvgIpc) is 2.28. The Morgan fingerprint density at radius 2 is 2.42 bits per heavy atom. The first-order valence-corrected chi connectivity index (χ1v) is 4.14. The van der Waals surface area contributed by atoms with Crippen molar-refractivity contribution in [3.05, 3.63) is 23.4 Å². The van der Waals surface area contributed by atoms with Crippen LogP contribution in [-0.2, 0) is 11.3 Å². The molecule has 0 amide bonds. The highest BCUT2D eigenvalue weighted by Gasteiger charge is 2.07. The molecular formula is C9H12N2O. The molecule has 1 aromatic rings. The van der Waals surface area contributed by atoms with Crippen molar-refractivity contribution < 1.29 is 4.74 Å². The van der Waals surface area contributed by atoms with E-state index in [1.165, 1.54) is 0 Å². The van der Waals surface area contributed by atoms with Gasteiger partial charge in [-0.1, -0.05) is 6.07 Å². The average molecular weight is 164 g/mol. The smallest absolute Gasteiger partial charge is 0.131 e. The zero-order valence-corrected chi connectivity index (χ0v) is 7.13. The minimum Gasteiger partial charge on any atom is -0.375 e. The maximum absolute atomic E-state index is 5.36. The minimum absolute atomic E-state index is 0.676. The first-order chi connectivity index (χ1) is 5.86. The maximum Gasteiger partial charge on any atom is 0.131 e. The summed E-state index contributed by atoms with van der Waals surface area (Å²) in [6.45, 7) is 4.28. The molecule has 1 aliphatic heterocycles. The first-order valence-electron chi connectivity index (χ1n) is 4.14. The molecule has 0 aliphatic carbocycles. The van der Waals surface area contributed by atoms with Crippen LogP contribution in [0.25, 0.3) is 0 Å². The standard InChI is InChI=1S/C9H12N2O/c1-7-2-3-8-6-12-5-4-10-9(8)11-7/h2-3H,4-6H2,1H3,(H,10,11). The van der Waals surface area contributed by atoms with Crippen molar-refractivity contribution in [3.63, 3.8) is 0 Å². The third kappa shape index (κ3) is 1.41. The summed E-state index contributed by atoms with van der Waals surface area (Å²) in [4.78, 5) is 4.38. The Kier molecular flexibility index (Phi) is 1.96. The molecule has 0 fully saturated rings. The van der Waals surface area contributed by atoms with Gasteiger partial charge in [0, 0.05) is 17.8 Å². The van der Waals surface area contributed by atoms with Crippen molar-refractivity contribution in [2.75, 3.05) is 18.5 Å². The minimum atomic E-state index is 0.676. The Morgan fingerprint density at radius 3 is 3.33 bits per heavy atom. The Balaban J connectivity index is 2.36. The molecule has 0 unspecified atom stereocenters. The van der Waals surface area contributed by atoms with E-state index in [9.17, 15) is 0 Å². The third-order valence-electron chi connectivity index (χ3n) is 1.91. The summed E-state index contributed by atoms with van der Waals surface area (Å²) in [6.07, 6.45) is 0. The number of aryl methyl sites for hydroxylation is 1. The molecule has 3 heteroatoms. The summed E-state index contributed by atoms with van der Waals surface area (Å²) in [5.41, 5.74) is 2.20. The molecule has 1 N–H and O–H groups in total. The van der Waals surface area contributed by atoms with E-state index < -0.39 is 0 Å². The molecule has 64 valence electrons. The van der Waals surface area contributed by atoms with Crippen molar-refractivity contribution in [3.8, 4) is 0 Å². The lowest BCUT2D eigenvalue weighted by molar-refractivity contribution is 0.134. The lowest BCUT2D eigenvalue weighted by atomic mass is 10.2. The third-order valence-corrected chi connectivity index (χ3v) is 1.91. The number of aromatic nitrogens is 1. The highest BCUT2D eigenvalue weighted by molar-refractivity contribution is 5.45. The lowest BCUT2D eigenvalue weighted by Gasteiger charge is -2.05. The summed E-state index contributed by atoms with van der Waals surface area (Å²) in [6, 6.07) is 4.07. The number of nitrogens with one attached hydrogen (secondary N) is 1. The Morgan fingerprint density at radius 1 is 1.50 bits per heavy atom. The van der Waals surface area contributed by atoms with Crippen LogP contribution in [-0.4, -0.2) is 18.1 Å². The quantitative estimate of drug-likeness (QED) is 0.628. The van der Waals surface area contributed by atoms with E-state index in [4.69, 9.17) is 4.74 Å². The van der Waals surface area contributed by atoms with E-state index in [0.717, 1.165) is 30.2 Å². The fourth-order valence-corrected chi connectivity index (χ4v) is 1.28. The zero-order valence-electron chi connectivity index (χ0n) is 7.13.